The van der Waals surface area contributed by atoms with Crippen LogP contribution in [0.4, 0.5) is 0 Å². The van der Waals surface area contributed by atoms with Gasteiger partial charge in [0.2, 0.25) is 0 Å². The maximum absolute atomic E-state index is 11.5. The molecule has 1 rings (SSSR count). The predicted octanol–water partition coefficient (Wildman–Crippen LogP) is 2.11. The third-order valence-corrected chi connectivity index (χ3v) is 4.34. The zero-order chi connectivity index (χ0) is 18.1. The average molecular weight is 342 g/mol. The van der Waals surface area contributed by atoms with E-state index in [-0.39, 0.29) is 12.3 Å². The molecule has 0 spiro atoms. The Morgan fingerprint density at radius 2 is 1.58 bits per heavy atom. The smallest absolute Gasteiger partial charge is 0.303 e. The number of carboxylic acids is 1. The van der Waals surface area contributed by atoms with E-state index in [4.69, 9.17) is 14.6 Å². The van der Waals surface area contributed by atoms with Gasteiger partial charge in [0.15, 0.2) is 0 Å². The second kappa shape index (κ2) is 10.1. The normalized spacial score (nSPS) is 25.9. The molecular formula is C17H26O7. The van der Waals surface area contributed by atoms with Crippen LogP contribution in [-0.4, -0.2) is 41.5 Å². The Morgan fingerprint density at radius 1 is 1.00 bits per heavy atom. The molecule has 0 aromatic rings. The van der Waals surface area contributed by atoms with Gasteiger partial charge in [-0.3, -0.25) is 14.4 Å². The number of aliphatic carboxylic acids is 1. The number of carboxylic acid groups (broad SMARTS) is 1. The second-order valence-corrected chi connectivity index (χ2v) is 6.26. The Morgan fingerprint density at radius 3 is 2.12 bits per heavy atom. The zero-order valence-corrected chi connectivity index (χ0v) is 14.2. The molecule has 4 atom stereocenters. The van der Waals surface area contributed by atoms with Crippen LogP contribution in [-0.2, 0) is 28.7 Å². The van der Waals surface area contributed by atoms with Crippen molar-refractivity contribution >= 4 is 24.2 Å². The van der Waals surface area contributed by atoms with Crippen molar-refractivity contribution in [3.05, 3.63) is 0 Å². The van der Waals surface area contributed by atoms with E-state index < -0.39 is 36.0 Å². The highest BCUT2D eigenvalue weighted by Crippen LogP contribution is 2.38. The SMILES string of the molecule is CC(=O)O[C@H]1C[C@@H](OC(C)=O)[C@H](C=O)[C@H]1CCCCCCC(=O)O. The standard InChI is InChI=1S/C17H26O7/c1-11(19)23-15-9-16(24-12(2)20)14(10-18)13(15)7-5-3-4-6-8-17(21)22/h10,13-16H,3-9H2,1-2H3,(H,21,22)/t13-,14-,15+,16-/m1/s1. The molecule has 0 heterocycles. The lowest BCUT2D eigenvalue weighted by Gasteiger charge is -2.22. The van der Waals surface area contributed by atoms with Crippen molar-refractivity contribution in [3.8, 4) is 0 Å². The van der Waals surface area contributed by atoms with Crippen molar-refractivity contribution in [1.29, 1.82) is 0 Å². The zero-order valence-electron chi connectivity index (χ0n) is 14.2. The van der Waals surface area contributed by atoms with E-state index in [2.05, 4.69) is 0 Å². The van der Waals surface area contributed by atoms with Gasteiger partial charge in [-0.15, -0.1) is 0 Å². The molecule has 7 nitrogen and oxygen atoms in total. The van der Waals surface area contributed by atoms with E-state index in [0.717, 1.165) is 25.5 Å². The van der Waals surface area contributed by atoms with Crippen molar-refractivity contribution in [1.82, 2.24) is 0 Å². The predicted molar refractivity (Wildman–Crippen MR) is 84.1 cm³/mol. The van der Waals surface area contributed by atoms with Crippen LogP contribution in [0, 0.1) is 11.8 Å². The number of aldehydes is 1. The van der Waals surface area contributed by atoms with Crippen LogP contribution in [0.2, 0.25) is 0 Å². The topological polar surface area (TPSA) is 107 Å². The molecule has 1 fully saturated rings. The number of esters is 2. The summed E-state index contributed by atoms with van der Waals surface area (Å²) in [5, 5.41) is 8.60. The van der Waals surface area contributed by atoms with E-state index in [9.17, 15) is 19.2 Å². The van der Waals surface area contributed by atoms with Crippen LogP contribution in [0.1, 0.15) is 58.8 Å². The van der Waals surface area contributed by atoms with E-state index >= 15 is 0 Å². The Hall–Kier alpha value is -1.92. The average Bonchev–Trinajstić information content (AvgIpc) is 2.77. The highest BCUT2D eigenvalue weighted by Gasteiger charge is 2.46. The van der Waals surface area contributed by atoms with Crippen LogP contribution in [0.5, 0.6) is 0 Å². The van der Waals surface area contributed by atoms with Gasteiger partial charge in [0.05, 0.1) is 5.92 Å². The van der Waals surface area contributed by atoms with Crippen molar-refractivity contribution in [2.45, 2.75) is 71.0 Å². The highest BCUT2D eigenvalue weighted by molar-refractivity contribution is 5.68. The number of carbonyl (C=O) groups is 4. The minimum Gasteiger partial charge on any atom is -0.481 e. The fourth-order valence-electron chi connectivity index (χ4n) is 3.35. The van der Waals surface area contributed by atoms with Crippen LogP contribution in [0.15, 0.2) is 0 Å². The first-order valence-electron chi connectivity index (χ1n) is 8.36. The molecule has 0 amide bonds. The molecule has 0 aliphatic heterocycles. The number of rotatable bonds is 10. The number of hydrogen-bond acceptors (Lipinski definition) is 6. The molecule has 1 saturated carbocycles. The third-order valence-electron chi connectivity index (χ3n) is 4.34. The van der Waals surface area contributed by atoms with Gasteiger partial charge < -0.3 is 19.4 Å². The van der Waals surface area contributed by atoms with E-state index in [1.807, 2.05) is 0 Å². The quantitative estimate of drug-likeness (QED) is 0.368. The number of unbranched alkanes of at least 4 members (excludes halogenated alkanes) is 3. The summed E-state index contributed by atoms with van der Waals surface area (Å²) in [7, 11) is 0. The van der Waals surface area contributed by atoms with Gasteiger partial charge in [-0.05, 0) is 12.8 Å². The first-order valence-corrected chi connectivity index (χ1v) is 8.36. The molecular weight excluding hydrogens is 316 g/mol. The van der Waals surface area contributed by atoms with Gasteiger partial charge in [0, 0.05) is 32.6 Å². The summed E-state index contributed by atoms with van der Waals surface area (Å²) in [6.45, 7) is 2.61. The molecule has 24 heavy (non-hydrogen) atoms. The summed E-state index contributed by atoms with van der Waals surface area (Å²) in [5.74, 6) is -2.32. The second-order valence-electron chi connectivity index (χ2n) is 6.26. The monoisotopic (exact) mass is 342 g/mol. The van der Waals surface area contributed by atoms with Crippen LogP contribution < -0.4 is 0 Å². The Kier molecular flexibility index (Phi) is 8.43. The van der Waals surface area contributed by atoms with Crippen molar-refractivity contribution in [3.63, 3.8) is 0 Å². The van der Waals surface area contributed by atoms with Gasteiger partial charge in [0.25, 0.3) is 0 Å². The molecule has 0 radical (unpaired) electrons. The first kappa shape index (κ1) is 20.1. The molecule has 136 valence electrons. The van der Waals surface area contributed by atoms with Gasteiger partial charge in [-0.2, -0.15) is 0 Å². The van der Waals surface area contributed by atoms with Gasteiger partial charge >= 0.3 is 17.9 Å². The largest absolute Gasteiger partial charge is 0.481 e. The molecule has 1 aliphatic rings. The molecule has 1 aliphatic carbocycles. The summed E-state index contributed by atoms with van der Waals surface area (Å²) in [6.07, 6.45) is 4.05. The van der Waals surface area contributed by atoms with Gasteiger partial charge in [0.1, 0.15) is 18.5 Å². The van der Waals surface area contributed by atoms with Crippen LogP contribution in [0.25, 0.3) is 0 Å². The number of ether oxygens (including phenoxy) is 2. The van der Waals surface area contributed by atoms with Gasteiger partial charge in [-0.1, -0.05) is 19.3 Å². The molecule has 1 N–H and O–H groups in total. The van der Waals surface area contributed by atoms with Crippen LogP contribution >= 0.6 is 0 Å². The molecule has 0 saturated heterocycles. The van der Waals surface area contributed by atoms with Crippen molar-refractivity contribution in [2.24, 2.45) is 11.8 Å². The van der Waals surface area contributed by atoms with Crippen molar-refractivity contribution in [2.75, 3.05) is 0 Å². The van der Waals surface area contributed by atoms with E-state index in [1.165, 1.54) is 13.8 Å². The molecule has 0 unspecified atom stereocenters. The fourth-order valence-corrected chi connectivity index (χ4v) is 3.35. The maximum atomic E-state index is 11.5. The molecule has 0 bridgehead atoms. The lowest BCUT2D eigenvalue weighted by molar-refractivity contribution is -0.149. The highest BCUT2D eigenvalue weighted by atomic mass is 16.6. The molecule has 7 heteroatoms. The lowest BCUT2D eigenvalue weighted by Crippen LogP contribution is -2.27. The summed E-state index contributed by atoms with van der Waals surface area (Å²) in [4.78, 5) is 44.4. The minimum absolute atomic E-state index is 0.158. The number of hydrogen-bond donors (Lipinski definition) is 1. The van der Waals surface area contributed by atoms with Gasteiger partial charge in [-0.25, -0.2) is 0 Å². The lowest BCUT2D eigenvalue weighted by atomic mass is 9.89. The van der Waals surface area contributed by atoms with Crippen LogP contribution in [0.3, 0.4) is 0 Å². The first-order chi connectivity index (χ1) is 11.3. The fraction of sp³-hybridized carbons (Fsp3) is 0.765. The minimum atomic E-state index is -0.800. The summed E-state index contributed by atoms with van der Waals surface area (Å²) in [6, 6.07) is 0. The maximum Gasteiger partial charge on any atom is 0.303 e. The Labute approximate surface area is 141 Å². The molecule has 0 aromatic heterocycles. The Bertz CT molecular complexity index is 460. The van der Waals surface area contributed by atoms with E-state index in [0.29, 0.717) is 19.3 Å². The molecule has 0 aromatic carbocycles. The Balaban J connectivity index is 2.56. The summed E-state index contributed by atoms with van der Waals surface area (Å²) in [5.41, 5.74) is 0. The number of carbonyl (C=O) groups excluding carboxylic acids is 3. The van der Waals surface area contributed by atoms with Crippen molar-refractivity contribution < 1.29 is 33.8 Å². The summed E-state index contributed by atoms with van der Waals surface area (Å²) >= 11 is 0. The van der Waals surface area contributed by atoms with E-state index in [1.54, 1.807) is 0 Å². The summed E-state index contributed by atoms with van der Waals surface area (Å²) < 4.78 is 10.5. The third kappa shape index (κ3) is 6.68.